The Labute approximate surface area is 155 Å². The normalized spacial score (nSPS) is 28.3. The third-order valence-electron chi connectivity index (χ3n) is 6.60. The van der Waals surface area contributed by atoms with Gasteiger partial charge < -0.3 is 14.9 Å². The molecule has 0 bridgehead atoms. The van der Waals surface area contributed by atoms with Crippen LogP contribution in [0.1, 0.15) is 37.7 Å². The first-order valence-electron chi connectivity index (χ1n) is 10.0. The van der Waals surface area contributed by atoms with Crippen LogP contribution in [0.15, 0.2) is 24.3 Å². The second kappa shape index (κ2) is 7.28. The number of benzene rings is 1. The van der Waals surface area contributed by atoms with Gasteiger partial charge in [-0.1, -0.05) is 18.6 Å². The number of nitrogens with zero attached hydrogens (tertiary/aromatic N) is 2. The van der Waals surface area contributed by atoms with E-state index in [1.54, 1.807) is 12.1 Å². The van der Waals surface area contributed by atoms with Crippen molar-refractivity contribution in [2.75, 3.05) is 39.3 Å². The molecule has 2 saturated heterocycles. The first-order valence-corrected chi connectivity index (χ1v) is 10.0. The van der Waals surface area contributed by atoms with Crippen molar-refractivity contribution in [1.82, 2.24) is 9.80 Å². The molecule has 2 atom stereocenters. The second-order valence-corrected chi connectivity index (χ2v) is 8.36. The Hall–Kier alpha value is -1.46. The second-order valence-electron chi connectivity index (χ2n) is 8.36. The molecule has 0 spiro atoms. The average molecular weight is 360 g/mol. The fraction of sp³-hybridized carbons (Fsp3) is 0.667. The van der Waals surface area contributed by atoms with Gasteiger partial charge in [-0.25, -0.2) is 4.39 Å². The summed E-state index contributed by atoms with van der Waals surface area (Å²) in [6.07, 6.45) is 5.51. The Kier molecular flexibility index (Phi) is 5.02. The zero-order valence-corrected chi connectivity index (χ0v) is 15.4. The molecule has 4 rings (SSSR count). The van der Waals surface area contributed by atoms with Gasteiger partial charge >= 0.3 is 0 Å². The summed E-state index contributed by atoms with van der Waals surface area (Å²) in [6, 6.07) is 6.40. The molecule has 0 aromatic heterocycles. The van der Waals surface area contributed by atoms with Crippen LogP contribution < -0.4 is 0 Å². The van der Waals surface area contributed by atoms with Crippen molar-refractivity contribution < 1.29 is 14.3 Å². The summed E-state index contributed by atoms with van der Waals surface area (Å²) >= 11 is 0. The van der Waals surface area contributed by atoms with Gasteiger partial charge in [-0.05, 0) is 62.4 Å². The van der Waals surface area contributed by atoms with E-state index in [1.165, 1.54) is 31.4 Å². The van der Waals surface area contributed by atoms with Crippen molar-refractivity contribution in [3.8, 4) is 0 Å². The minimum Gasteiger partial charge on any atom is -0.396 e. The predicted octanol–water partition coefficient (Wildman–Crippen LogP) is 2.41. The van der Waals surface area contributed by atoms with E-state index >= 15 is 0 Å². The highest BCUT2D eigenvalue weighted by Crippen LogP contribution is 2.50. The molecule has 1 aliphatic carbocycles. The van der Waals surface area contributed by atoms with Crippen LogP contribution in [0.25, 0.3) is 0 Å². The van der Waals surface area contributed by atoms with Crippen LogP contribution in [0.3, 0.4) is 0 Å². The van der Waals surface area contributed by atoms with Crippen LogP contribution in [-0.2, 0) is 10.2 Å². The molecule has 26 heavy (non-hydrogen) atoms. The van der Waals surface area contributed by atoms with Crippen molar-refractivity contribution in [2.24, 2.45) is 11.8 Å². The molecule has 0 unspecified atom stereocenters. The number of aliphatic hydroxyl groups excluding tert-OH is 1. The number of piperidine rings is 1. The molecule has 0 radical (unpaired) electrons. The fourth-order valence-electron chi connectivity index (χ4n) is 4.81. The first-order chi connectivity index (χ1) is 12.6. The Morgan fingerprint density at radius 2 is 1.73 bits per heavy atom. The SMILES string of the molecule is O=C(N1C[C@@H](CN2CCCCC2)[C@@H](CO)C1)C1(c2ccc(F)cc2)CC1. The Bertz CT molecular complexity index is 638. The fourth-order valence-corrected chi connectivity index (χ4v) is 4.81. The number of likely N-dealkylation sites (tertiary alicyclic amines) is 2. The number of halogens is 1. The van der Waals surface area contributed by atoms with Crippen LogP contribution in [0.2, 0.25) is 0 Å². The van der Waals surface area contributed by atoms with Crippen molar-refractivity contribution in [3.05, 3.63) is 35.6 Å². The minimum atomic E-state index is -0.451. The third kappa shape index (κ3) is 3.39. The predicted molar refractivity (Wildman–Crippen MR) is 98.2 cm³/mol. The maximum absolute atomic E-state index is 13.3. The summed E-state index contributed by atoms with van der Waals surface area (Å²) in [4.78, 5) is 17.7. The largest absolute Gasteiger partial charge is 0.396 e. The maximum atomic E-state index is 13.3. The summed E-state index contributed by atoms with van der Waals surface area (Å²) < 4.78 is 13.2. The number of hydrogen-bond donors (Lipinski definition) is 1. The zero-order valence-electron chi connectivity index (χ0n) is 15.4. The maximum Gasteiger partial charge on any atom is 0.233 e. The van der Waals surface area contributed by atoms with E-state index in [0.29, 0.717) is 12.5 Å². The lowest BCUT2D eigenvalue weighted by molar-refractivity contribution is -0.133. The van der Waals surface area contributed by atoms with Gasteiger partial charge in [0.05, 0.1) is 5.41 Å². The number of amides is 1. The van der Waals surface area contributed by atoms with Gasteiger partial charge in [0.1, 0.15) is 5.82 Å². The molecule has 3 fully saturated rings. The van der Waals surface area contributed by atoms with Gasteiger partial charge in [-0.2, -0.15) is 0 Å². The van der Waals surface area contributed by atoms with E-state index in [2.05, 4.69) is 4.90 Å². The molecule has 1 N–H and O–H groups in total. The molecule has 142 valence electrons. The summed E-state index contributed by atoms with van der Waals surface area (Å²) in [5, 5.41) is 9.83. The lowest BCUT2D eigenvalue weighted by atomic mass is 9.94. The molecule has 5 heteroatoms. The van der Waals surface area contributed by atoms with Crippen LogP contribution >= 0.6 is 0 Å². The van der Waals surface area contributed by atoms with Gasteiger partial charge in [0.2, 0.25) is 5.91 Å². The van der Waals surface area contributed by atoms with Gasteiger partial charge in [0.25, 0.3) is 0 Å². The Morgan fingerprint density at radius 1 is 1.08 bits per heavy atom. The summed E-state index contributed by atoms with van der Waals surface area (Å²) in [5.41, 5.74) is 0.484. The van der Waals surface area contributed by atoms with E-state index in [1.807, 2.05) is 4.90 Å². The number of carbonyl (C=O) groups excluding carboxylic acids is 1. The highest BCUT2D eigenvalue weighted by molar-refractivity contribution is 5.91. The standard InChI is InChI=1S/C21H29FN2O2/c22-19-6-4-18(5-7-19)21(8-9-21)20(26)24-13-16(17(14-24)15-25)12-23-10-2-1-3-11-23/h4-7,16-17,25H,1-3,8-15H2/t16-,17-/m1/s1. The molecular weight excluding hydrogens is 331 g/mol. The van der Waals surface area contributed by atoms with Crippen LogP contribution in [0.4, 0.5) is 4.39 Å². The lowest BCUT2D eigenvalue weighted by Crippen LogP contribution is -2.39. The van der Waals surface area contributed by atoms with Gasteiger partial charge in [-0.15, -0.1) is 0 Å². The molecule has 1 aromatic carbocycles. The van der Waals surface area contributed by atoms with Crippen molar-refractivity contribution in [2.45, 2.75) is 37.5 Å². The van der Waals surface area contributed by atoms with Crippen LogP contribution in [0.5, 0.6) is 0 Å². The Morgan fingerprint density at radius 3 is 2.35 bits per heavy atom. The molecule has 3 aliphatic rings. The van der Waals surface area contributed by atoms with Crippen molar-refractivity contribution >= 4 is 5.91 Å². The summed E-state index contributed by atoms with van der Waals surface area (Å²) in [6.45, 7) is 4.80. The highest BCUT2D eigenvalue weighted by atomic mass is 19.1. The number of hydrogen-bond acceptors (Lipinski definition) is 3. The highest BCUT2D eigenvalue weighted by Gasteiger charge is 2.54. The molecule has 4 nitrogen and oxygen atoms in total. The van der Waals surface area contributed by atoms with Gasteiger partial charge in [0, 0.05) is 32.2 Å². The first kappa shape index (κ1) is 17.9. The van der Waals surface area contributed by atoms with E-state index < -0.39 is 5.41 Å². The van der Waals surface area contributed by atoms with E-state index in [-0.39, 0.29) is 24.2 Å². The zero-order chi connectivity index (χ0) is 18.1. The van der Waals surface area contributed by atoms with Crippen LogP contribution in [0, 0.1) is 17.7 Å². The van der Waals surface area contributed by atoms with Crippen molar-refractivity contribution in [1.29, 1.82) is 0 Å². The smallest absolute Gasteiger partial charge is 0.233 e. The minimum absolute atomic E-state index is 0.145. The van der Waals surface area contributed by atoms with Crippen molar-refractivity contribution in [3.63, 3.8) is 0 Å². The lowest BCUT2D eigenvalue weighted by Gasteiger charge is -2.30. The van der Waals surface area contributed by atoms with Gasteiger partial charge in [0.15, 0.2) is 0 Å². The topological polar surface area (TPSA) is 43.8 Å². The molecule has 2 heterocycles. The Balaban J connectivity index is 1.44. The molecule has 1 saturated carbocycles. The number of rotatable bonds is 5. The van der Waals surface area contributed by atoms with Gasteiger partial charge in [-0.3, -0.25) is 4.79 Å². The van der Waals surface area contributed by atoms with E-state index in [0.717, 1.165) is 44.6 Å². The average Bonchev–Trinajstić information content (AvgIpc) is 3.38. The summed E-state index contributed by atoms with van der Waals surface area (Å²) in [7, 11) is 0. The monoisotopic (exact) mass is 360 g/mol. The summed E-state index contributed by atoms with van der Waals surface area (Å²) in [5.74, 6) is 0.430. The number of aliphatic hydroxyl groups is 1. The quantitative estimate of drug-likeness (QED) is 0.877. The molecular formula is C21H29FN2O2. The van der Waals surface area contributed by atoms with E-state index in [9.17, 15) is 14.3 Å². The van der Waals surface area contributed by atoms with E-state index in [4.69, 9.17) is 0 Å². The third-order valence-corrected chi connectivity index (χ3v) is 6.60. The molecule has 1 aromatic rings. The number of carbonyl (C=O) groups is 1. The molecule has 2 aliphatic heterocycles. The van der Waals surface area contributed by atoms with Crippen LogP contribution in [-0.4, -0.2) is 60.1 Å². The molecule has 1 amide bonds.